The maximum absolute atomic E-state index is 12.7. The Labute approximate surface area is 221 Å². The van der Waals surface area contributed by atoms with Crippen molar-refractivity contribution in [3.8, 4) is 0 Å². The van der Waals surface area contributed by atoms with Gasteiger partial charge in [0.25, 0.3) is 5.56 Å². The van der Waals surface area contributed by atoms with Crippen LogP contribution in [0.25, 0.3) is 5.57 Å². The molecule has 2 aromatic heterocycles. The summed E-state index contributed by atoms with van der Waals surface area (Å²) in [7, 11) is 0. The SMILES string of the molecule is O=C(O)Cn1cnc(SCc2ccc(/C(=C\CN3CCOC3=O)c3ccc(C4CC4)c(=O)[nH]3)cc2Cl)n1. The molecule has 0 unspecified atom stereocenters. The van der Waals surface area contributed by atoms with Crippen molar-refractivity contribution >= 4 is 41.0 Å². The molecule has 0 bridgehead atoms. The Morgan fingerprint density at radius 3 is 2.78 bits per heavy atom. The van der Waals surface area contributed by atoms with Crippen LogP contribution in [0.2, 0.25) is 5.02 Å². The van der Waals surface area contributed by atoms with E-state index in [1.165, 1.54) is 22.8 Å². The number of carboxylic acid groups (broad SMARTS) is 1. The number of benzene rings is 1. The fourth-order valence-electron chi connectivity index (χ4n) is 4.07. The molecule has 37 heavy (non-hydrogen) atoms. The van der Waals surface area contributed by atoms with Crippen LogP contribution >= 0.6 is 23.4 Å². The number of pyridine rings is 1. The molecule has 2 fully saturated rings. The number of carbonyl (C=O) groups is 2. The van der Waals surface area contributed by atoms with Crippen LogP contribution in [0.4, 0.5) is 4.79 Å². The predicted molar refractivity (Wildman–Crippen MR) is 138 cm³/mol. The van der Waals surface area contributed by atoms with Crippen LogP contribution in [0, 0.1) is 0 Å². The third kappa shape index (κ3) is 6.05. The monoisotopic (exact) mass is 541 g/mol. The van der Waals surface area contributed by atoms with Gasteiger partial charge in [0.1, 0.15) is 19.5 Å². The van der Waals surface area contributed by atoms with Crippen molar-refractivity contribution in [3.63, 3.8) is 0 Å². The molecule has 0 radical (unpaired) electrons. The molecule has 1 aliphatic heterocycles. The van der Waals surface area contributed by atoms with Crippen LogP contribution in [0.15, 0.2) is 52.7 Å². The molecule has 3 heterocycles. The van der Waals surface area contributed by atoms with E-state index in [-0.39, 0.29) is 18.2 Å². The summed E-state index contributed by atoms with van der Waals surface area (Å²) >= 11 is 7.98. The normalized spacial score (nSPS) is 15.8. The third-order valence-electron chi connectivity index (χ3n) is 6.14. The molecule has 2 aliphatic rings. The van der Waals surface area contributed by atoms with E-state index in [4.69, 9.17) is 21.4 Å². The van der Waals surface area contributed by atoms with E-state index in [2.05, 4.69) is 15.1 Å². The fourth-order valence-corrected chi connectivity index (χ4v) is 5.21. The Morgan fingerprint density at radius 1 is 1.27 bits per heavy atom. The molecule has 0 spiro atoms. The number of H-pyrrole nitrogens is 1. The minimum absolute atomic E-state index is 0.0968. The number of cyclic esters (lactones) is 1. The van der Waals surface area contributed by atoms with Crippen LogP contribution in [0.3, 0.4) is 0 Å². The van der Waals surface area contributed by atoms with Crippen LogP contribution in [-0.2, 0) is 21.8 Å². The van der Waals surface area contributed by atoms with Crippen LogP contribution in [0.5, 0.6) is 0 Å². The van der Waals surface area contributed by atoms with Gasteiger partial charge in [0, 0.05) is 34.2 Å². The second-order valence-electron chi connectivity index (χ2n) is 8.82. The lowest BCUT2D eigenvalue weighted by Crippen LogP contribution is -2.24. The van der Waals surface area contributed by atoms with Crippen LogP contribution in [-0.4, -0.2) is 61.5 Å². The zero-order valence-corrected chi connectivity index (χ0v) is 21.3. The van der Waals surface area contributed by atoms with Gasteiger partial charge in [-0.1, -0.05) is 47.6 Å². The number of amides is 1. The Bertz CT molecular complexity index is 1430. The predicted octanol–water partition coefficient (Wildman–Crippen LogP) is 3.76. The number of rotatable bonds is 10. The molecule has 1 aliphatic carbocycles. The Morgan fingerprint density at radius 2 is 2.11 bits per heavy atom. The molecule has 10 nitrogen and oxygen atoms in total. The van der Waals surface area contributed by atoms with Gasteiger partial charge < -0.3 is 19.7 Å². The highest BCUT2D eigenvalue weighted by atomic mass is 35.5. The van der Waals surface area contributed by atoms with Gasteiger partial charge in [0.2, 0.25) is 5.16 Å². The number of thioether (sulfide) groups is 1. The molecular weight excluding hydrogens is 518 g/mol. The molecule has 1 saturated carbocycles. The largest absolute Gasteiger partial charge is 0.480 e. The molecule has 3 aromatic rings. The van der Waals surface area contributed by atoms with Gasteiger partial charge in [-0.2, -0.15) is 0 Å². The van der Waals surface area contributed by atoms with Gasteiger partial charge in [0.05, 0.1) is 6.54 Å². The van der Waals surface area contributed by atoms with Crippen LogP contribution < -0.4 is 5.56 Å². The van der Waals surface area contributed by atoms with Gasteiger partial charge in [-0.3, -0.25) is 9.59 Å². The van der Waals surface area contributed by atoms with E-state index >= 15 is 0 Å². The van der Waals surface area contributed by atoms with Crippen molar-refractivity contribution in [2.75, 3.05) is 19.7 Å². The number of nitrogens with zero attached hydrogens (tertiary/aromatic N) is 4. The number of aromatic amines is 1. The highest BCUT2D eigenvalue weighted by molar-refractivity contribution is 7.98. The topological polar surface area (TPSA) is 130 Å². The molecule has 192 valence electrons. The lowest BCUT2D eigenvalue weighted by molar-refractivity contribution is -0.137. The number of carbonyl (C=O) groups excluding carboxylic acids is 1. The van der Waals surface area contributed by atoms with Crippen molar-refractivity contribution in [3.05, 3.63) is 80.5 Å². The zero-order valence-electron chi connectivity index (χ0n) is 19.7. The zero-order chi connectivity index (χ0) is 25.9. The summed E-state index contributed by atoms with van der Waals surface area (Å²) in [4.78, 5) is 44.2. The maximum Gasteiger partial charge on any atom is 0.410 e. The van der Waals surface area contributed by atoms with E-state index in [9.17, 15) is 14.4 Å². The minimum atomic E-state index is -0.992. The number of aliphatic carboxylic acids is 1. The maximum atomic E-state index is 12.7. The highest BCUT2D eigenvalue weighted by Gasteiger charge is 2.26. The Hall–Kier alpha value is -3.57. The molecule has 12 heteroatoms. The molecule has 0 atom stereocenters. The van der Waals surface area contributed by atoms with E-state index in [0.717, 1.165) is 35.1 Å². The average Bonchev–Trinajstić information content (AvgIpc) is 3.47. The first-order valence-electron chi connectivity index (χ1n) is 11.8. The number of aromatic nitrogens is 4. The van der Waals surface area contributed by atoms with E-state index in [0.29, 0.717) is 47.2 Å². The average molecular weight is 542 g/mol. The van der Waals surface area contributed by atoms with E-state index in [1.54, 1.807) is 4.90 Å². The van der Waals surface area contributed by atoms with Gasteiger partial charge >= 0.3 is 12.1 Å². The molecule has 2 N–H and O–H groups in total. The molecule has 1 saturated heterocycles. The van der Waals surface area contributed by atoms with Crippen molar-refractivity contribution in [1.82, 2.24) is 24.6 Å². The summed E-state index contributed by atoms with van der Waals surface area (Å²) in [5, 5.41) is 14.0. The molecular formula is C25H24ClN5O5S. The first-order chi connectivity index (χ1) is 17.9. The van der Waals surface area contributed by atoms with Crippen molar-refractivity contribution in [1.29, 1.82) is 0 Å². The smallest absolute Gasteiger partial charge is 0.410 e. The summed E-state index contributed by atoms with van der Waals surface area (Å²) in [5.74, 6) is -0.170. The summed E-state index contributed by atoms with van der Waals surface area (Å²) in [6.07, 6.45) is 4.98. The van der Waals surface area contributed by atoms with Crippen molar-refractivity contribution in [2.45, 2.75) is 36.2 Å². The lowest BCUT2D eigenvalue weighted by atomic mass is 9.99. The lowest BCUT2D eigenvalue weighted by Gasteiger charge is -2.14. The summed E-state index contributed by atoms with van der Waals surface area (Å²) < 4.78 is 6.29. The number of carboxylic acids is 1. The van der Waals surface area contributed by atoms with Crippen molar-refractivity contribution in [2.24, 2.45) is 0 Å². The Balaban J connectivity index is 1.38. The quantitative estimate of drug-likeness (QED) is 0.371. The number of hydrogen-bond acceptors (Lipinski definition) is 7. The number of halogens is 1. The summed E-state index contributed by atoms with van der Waals surface area (Å²) in [6.45, 7) is 0.945. The van der Waals surface area contributed by atoms with Gasteiger partial charge in [-0.05, 0) is 42.0 Å². The third-order valence-corrected chi connectivity index (χ3v) is 7.39. The number of nitrogens with one attached hydrogen (secondary N) is 1. The van der Waals surface area contributed by atoms with E-state index in [1.807, 2.05) is 36.4 Å². The molecule has 1 aromatic carbocycles. The summed E-state index contributed by atoms with van der Waals surface area (Å²) in [6, 6.07) is 9.43. The first-order valence-corrected chi connectivity index (χ1v) is 13.1. The standard InChI is InChI=1S/C25H24ClN5O5S/c26-20-11-16(3-4-17(20)13-37-24-27-14-31(29-24)12-22(32)33)18(7-8-30-9-10-36-25(30)35)21-6-5-19(15-1-2-15)23(34)28-21/h3-7,11,14-15H,1-2,8-10,12-13H2,(H,28,34)(H,32,33)/b18-7+. The minimum Gasteiger partial charge on any atom is -0.480 e. The number of ether oxygens (including phenoxy) is 1. The Kier molecular flexibility index (Phi) is 7.33. The van der Waals surface area contributed by atoms with Gasteiger partial charge in [-0.15, -0.1) is 5.10 Å². The second-order valence-corrected chi connectivity index (χ2v) is 10.2. The number of hydrogen-bond donors (Lipinski definition) is 2. The second kappa shape index (κ2) is 10.8. The summed E-state index contributed by atoms with van der Waals surface area (Å²) in [5.41, 5.74) is 3.76. The molecule has 1 amide bonds. The molecule has 5 rings (SSSR count). The van der Waals surface area contributed by atoms with E-state index < -0.39 is 5.97 Å². The van der Waals surface area contributed by atoms with Crippen LogP contribution in [0.1, 0.15) is 41.1 Å². The van der Waals surface area contributed by atoms with Crippen molar-refractivity contribution < 1.29 is 19.4 Å². The fraction of sp³-hybridized carbons (Fsp3) is 0.320. The van der Waals surface area contributed by atoms with Gasteiger partial charge in [-0.25, -0.2) is 14.5 Å². The van der Waals surface area contributed by atoms with Gasteiger partial charge in [0.15, 0.2) is 0 Å². The highest BCUT2D eigenvalue weighted by Crippen LogP contribution is 2.38. The first kappa shape index (κ1) is 25.1.